The van der Waals surface area contributed by atoms with Crippen LogP contribution in [0.15, 0.2) is 0 Å². The quantitative estimate of drug-likeness (QED) is 0.442. The maximum atomic E-state index is 5.00. The van der Waals surface area contributed by atoms with E-state index in [0.717, 1.165) is 0 Å². The van der Waals surface area contributed by atoms with Crippen LogP contribution >= 0.6 is 0 Å². The number of rotatable bonds is 0. The fourth-order valence-corrected chi connectivity index (χ4v) is 0.869. The highest BCUT2D eigenvalue weighted by atomic mass is 15.0. The van der Waals surface area contributed by atoms with Crippen LogP contribution in [0.2, 0.25) is 0 Å². The van der Waals surface area contributed by atoms with Gasteiger partial charge in [-0.05, 0) is 6.92 Å². The third-order valence-corrected chi connectivity index (χ3v) is 1.63. The minimum atomic E-state index is 0.194. The summed E-state index contributed by atoms with van der Waals surface area (Å²) in [6.45, 7) is 12.0. The van der Waals surface area contributed by atoms with E-state index in [1.807, 2.05) is 6.92 Å². The molecule has 0 N–H and O–H groups in total. The lowest BCUT2D eigenvalue weighted by Crippen LogP contribution is -1.75. The van der Waals surface area contributed by atoms with Gasteiger partial charge in [-0.1, -0.05) is 9.69 Å². The predicted octanol–water partition coefficient (Wildman–Crippen LogP) is 1.30. The molecule has 0 radical (unpaired) electrons. The molecule has 8 heavy (non-hydrogen) atoms. The molecule has 0 aliphatic heterocycles. The molecule has 0 heterocycles. The van der Waals surface area contributed by atoms with E-state index in [1.54, 1.807) is 0 Å². The van der Waals surface area contributed by atoms with E-state index in [-0.39, 0.29) is 12.1 Å². The van der Waals surface area contributed by atoms with E-state index in [2.05, 4.69) is 9.69 Å². The highest BCUT2D eigenvalue weighted by Crippen LogP contribution is 2.36. The highest BCUT2D eigenvalue weighted by molar-refractivity contribution is 5.20. The van der Waals surface area contributed by atoms with Gasteiger partial charge in [-0.15, -0.1) is 0 Å². The molecule has 2 atom stereocenters. The molecule has 2 heteroatoms. The van der Waals surface area contributed by atoms with Crippen molar-refractivity contribution >= 4 is 0 Å². The second kappa shape index (κ2) is 1.49. The second-order valence-electron chi connectivity index (χ2n) is 2.14. The zero-order chi connectivity index (χ0) is 6.15. The standard InChI is InChI=1S/C6H8N2/c1-4-5(7-2)6(4)8-3/h2-6H,1H3/q+2. The molecule has 0 aromatic rings. The predicted molar refractivity (Wildman–Crippen MR) is 33.3 cm³/mol. The lowest BCUT2D eigenvalue weighted by molar-refractivity contribution is 0.943. The molecule has 1 fully saturated rings. The van der Waals surface area contributed by atoms with Gasteiger partial charge < -0.3 is 0 Å². The summed E-state index contributed by atoms with van der Waals surface area (Å²) in [4.78, 5) is 7.12. The van der Waals surface area contributed by atoms with Gasteiger partial charge in [0.15, 0.2) is 0 Å². The molecular formula is C6H8N2+2. The normalized spacial score (nSPS) is 42.1. The molecule has 0 spiro atoms. The van der Waals surface area contributed by atoms with Crippen LogP contribution in [-0.2, 0) is 0 Å². The lowest BCUT2D eigenvalue weighted by atomic mass is 10.5. The Labute approximate surface area is 48.8 Å². The number of hydrogen-bond donors (Lipinski definition) is 0. The third kappa shape index (κ3) is 0.468. The van der Waals surface area contributed by atoms with Gasteiger partial charge >= 0.3 is 12.1 Å². The molecular weight excluding hydrogens is 100 g/mol. The van der Waals surface area contributed by atoms with Crippen molar-refractivity contribution in [2.75, 3.05) is 0 Å². The summed E-state index contributed by atoms with van der Waals surface area (Å²) in [6, 6.07) is 0.389. The Kier molecular flexibility index (Phi) is 0.954. The first-order chi connectivity index (χ1) is 3.81. The van der Waals surface area contributed by atoms with Gasteiger partial charge in [0.25, 0.3) is 13.1 Å². The van der Waals surface area contributed by atoms with Gasteiger partial charge in [0.05, 0.1) is 0 Å². The van der Waals surface area contributed by atoms with Gasteiger partial charge in [-0.2, -0.15) is 0 Å². The van der Waals surface area contributed by atoms with Crippen molar-refractivity contribution in [1.29, 1.82) is 0 Å². The van der Waals surface area contributed by atoms with Gasteiger partial charge in [-0.3, -0.25) is 0 Å². The van der Waals surface area contributed by atoms with E-state index in [0.29, 0.717) is 5.92 Å². The SMILES string of the molecule is C#[N+]C1C(C)C1[N+]#C. The van der Waals surface area contributed by atoms with Crippen LogP contribution in [-0.4, -0.2) is 12.1 Å². The van der Waals surface area contributed by atoms with Crippen molar-refractivity contribution in [2.24, 2.45) is 5.92 Å². The number of nitrogens with zero attached hydrogens (tertiary/aromatic N) is 2. The summed E-state index contributed by atoms with van der Waals surface area (Å²) < 4.78 is 0. The van der Waals surface area contributed by atoms with Crippen LogP contribution in [0.4, 0.5) is 0 Å². The molecule has 1 aliphatic carbocycles. The monoisotopic (exact) mass is 108 g/mol. The van der Waals surface area contributed by atoms with E-state index in [1.165, 1.54) is 0 Å². The van der Waals surface area contributed by atoms with Crippen molar-refractivity contribution in [3.8, 4) is 13.1 Å². The molecule has 0 bridgehead atoms. The summed E-state index contributed by atoms with van der Waals surface area (Å²) in [7, 11) is 0. The average Bonchev–Trinajstić information content (AvgIpc) is 2.40. The van der Waals surface area contributed by atoms with Crippen molar-refractivity contribution in [2.45, 2.75) is 19.0 Å². The minimum Gasteiger partial charge on any atom is -0.0740 e. The van der Waals surface area contributed by atoms with Gasteiger partial charge in [0.1, 0.15) is 5.92 Å². The molecule has 2 nitrogen and oxygen atoms in total. The maximum absolute atomic E-state index is 5.00. The Morgan fingerprint density at radius 1 is 1.12 bits per heavy atom. The molecule has 40 valence electrons. The molecule has 1 saturated carbocycles. The van der Waals surface area contributed by atoms with Gasteiger partial charge in [-0.25, -0.2) is 0 Å². The first kappa shape index (κ1) is 5.12. The number of hydrogen-bond acceptors (Lipinski definition) is 0. The average molecular weight is 108 g/mol. The van der Waals surface area contributed by atoms with Crippen molar-refractivity contribution < 1.29 is 0 Å². The second-order valence-corrected chi connectivity index (χ2v) is 2.14. The summed E-state index contributed by atoms with van der Waals surface area (Å²) in [6.07, 6.45) is 0. The molecule has 0 aromatic carbocycles. The Hall–Kier alpha value is -1.02. The Morgan fingerprint density at radius 2 is 1.50 bits per heavy atom. The van der Waals surface area contributed by atoms with Crippen LogP contribution in [0.5, 0.6) is 0 Å². The molecule has 2 unspecified atom stereocenters. The maximum Gasteiger partial charge on any atom is 0.360 e. The van der Waals surface area contributed by atoms with Gasteiger partial charge in [0, 0.05) is 0 Å². The fraction of sp³-hybridized carbons (Fsp3) is 0.667. The minimum absolute atomic E-state index is 0.194. The fourth-order valence-electron chi connectivity index (χ4n) is 0.869. The van der Waals surface area contributed by atoms with E-state index in [9.17, 15) is 0 Å². The molecule has 0 aromatic heterocycles. The Bertz CT molecular complexity index is 152. The van der Waals surface area contributed by atoms with Crippen LogP contribution in [0.3, 0.4) is 0 Å². The molecule has 1 rings (SSSR count). The zero-order valence-corrected chi connectivity index (χ0v) is 4.78. The lowest BCUT2D eigenvalue weighted by Gasteiger charge is -1.51. The van der Waals surface area contributed by atoms with Crippen molar-refractivity contribution in [1.82, 2.24) is 0 Å². The summed E-state index contributed by atoms with van der Waals surface area (Å²) in [5.74, 6) is 0.463. The van der Waals surface area contributed by atoms with E-state index >= 15 is 0 Å². The Balaban J connectivity index is 2.52. The molecule has 0 saturated heterocycles. The third-order valence-electron chi connectivity index (χ3n) is 1.63. The van der Waals surface area contributed by atoms with Crippen LogP contribution in [0.1, 0.15) is 6.92 Å². The van der Waals surface area contributed by atoms with Crippen LogP contribution in [0, 0.1) is 19.1 Å². The Morgan fingerprint density at radius 3 is 1.62 bits per heavy atom. The zero-order valence-electron chi connectivity index (χ0n) is 4.78. The van der Waals surface area contributed by atoms with Crippen molar-refractivity contribution in [3.63, 3.8) is 0 Å². The van der Waals surface area contributed by atoms with E-state index < -0.39 is 0 Å². The summed E-state index contributed by atoms with van der Waals surface area (Å²) >= 11 is 0. The summed E-state index contributed by atoms with van der Waals surface area (Å²) in [5.41, 5.74) is 0. The summed E-state index contributed by atoms with van der Waals surface area (Å²) in [5, 5.41) is 0. The molecule has 1 aliphatic rings. The first-order valence-electron chi connectivity index (χ1n) is 2.61. The van der Waals surface area contributed by atoms with Gasteiger partial charge in [0.2, 0.25) is 0 Å². The van der Waals surface area contributed by atoms with E-state index in [4.69, 9.17) is 13.1 Å². The highest BCUT2D eigenvalue weighted by Gasteiger charge is 2.67. The smallest absolute Gasteiger partial charge is 0.0740 e. The van der Waals surface area contributed by atoms with Crippen LogP contribution < -0.4 is 0 Å². The largest absolute Gasteiger partial charge is 0.360 e. The molecule has 0 amide bonds. The topological polar surface area (TPSA) is 8.72 Å². The first-order valence-corrected chi connectivity index (χ1v) is 2.61. The van der Waals surface area contributed by atoms with Crippen molar-refractivity contribution in [3.05, 3.63) is 9.69 Å². The van der Waals surface area contributed by atoms with Crippen LogP contribution in [0.25, 0.3) is 9.69 Å².